The molecule has 144 valence electrons. The SMILES string of the molecule is Cc1nn(Cc2ccccc2)c(Cl)c1C(=O)N[C@H]1C[C@H]2CC[C@]1(C)C2(C)C. The molecule has 2 fully saturated rings. The number of aromatic nitrogens is 2. The zero-order chi connectivity index (χ0) is 19.4. The van der Waals surface area contributed by atoms with E-state index in [1.54, 1.807) is 4.68 Å². The Kier molecular flexibility index (Phi) is 4.38. The van der Waals surface area contributed by atoms with E-state index in [0.29, 0.717) is 28.9 Å². The molecule has 1 N–H and O–H groups in total. The average molecular weight is 386 g/mol. The van der Waals surface area contributed by atoms with Crippen molar-refractivity contribution < 1.29 is 4.79 Å². The van der Waals surface area contributed by atoms with Crippen LogP contribution in [0.2, 0.25) is 5.15 Å². The van der Waals surface area contributed by atoms with Gasteiger partial charge in [0.05, 0.1) is 17.8 Å². The van der Waals surface area contributed by atoms with Crippen LogP contribution in [0.1, 0.15) is 61.6 Å². The topological polar surface area (TPSA) is 46.9 Å². The third kappa shape index (κ3) is 2.80. The lowest BCUT2D eigenvalue weighted by Gasteiger charge is -2.39. The number of fused-ring (bicyclic) bond motifs is 2. The van der Waals surface area contributed by atoms with Crippen LogP contribution in [-0.4, -0.2) is 21.7 Å². The van der Waals surface area contributed by atoms with Crippen molar-refractivity contribution in [3.05, 3.63) is 52.3 Å². The van der Waals surface area contributed by atoms with Crippen LogP contribution in [0.15, 0.2) is 30.3 Å². The lowest BCUT2D eigenvalue weighted by molar-refractivity contribution is 0.0825. The van der Waals surface area contributed by atoms with Gasteiger partial charge >= 0.3 is 0 Å². The molecule has 2 aliphatic rings. The van der Waals surface area contributed by atoms with Gasteiger partial charge in [0.1, 0.15) is 5.15 Å². The summed E-state index contributed by atoms with van der Waals surface area (Å²) < 4.78 is 1.72. The van der Waals surface area contributed by atoms with E-state index in [1.165, 1.54) is 12.8 Å². The maximum Gasteiger partial charge on any atom is 0.256 e. The molecule has 1 aromatic carbocycles. The van der Waals surface area contributed by atoms with Crippen molar-refractivity contribution in [1.29, 1.82) is 0 Å². The van der Waals surface area contributed by atoms with Gasteiger partial charge in [0.2, 0.25) is 0 Å². The maximum atomic E-state index is 13.1. The van der Waals surface area contributed by atoms with Crippen LogP contribution in [-0.2, 0) is 6.54 Å². The van der Waals surface area contributed by atoms with Gasteiger partial charge in [0, 0.05) is 6.04 Å². The van der Waals surface area contributed by atoms with Crippen LogP contribution in [0.5, 0.6) is 0 Å². The van der Waals surface area contributed by atoms with E-state index in [4.69, 9.17) is 11.6 Å². The predicted octanol–water partition coefficient (Wildman–Crippen LogP) is 4.84. The Morgan fingerprint density at radius 2 is 2.00 bits per heavy atom. The molecule has 0 aliphatic heterocycles. The summed E-state index contributed by atoms with van der Waals surface area (Å²) >= 11 is 6.57. The number of nitrogens with zero attached hydrogens (tertiary/aromatic N) is 2. The van der Waals surface area contributed by atoms with E-state index in [9.17, 15) is 4.79 Å². The van der Waals surface area contributed by atoms with Gasteiger partial charge in [-0.1, -0.05) is 62.7 Å². The van der Waals surface area contributed by atoms with Crippen LogP contribution in [0.4, 0.5) is 0 Å². The van der Waals surface area contributed by atoms with Crippen LogP contribution >= 0.6 is 11.6 Å². The molecule has 2 aromatic rings. The van der Waals surface area contributed by atoms with Gasteiger partial charge < -0.3 is 5.32 Å². The summed E-state index contributed by atoms with van der Waals surface area (Å²) in [6, 6.07) is 10.2. The maximum absolute atomic E-state index is 13.1. The van der Waals surface area contributed by atoms with Crippen molar-refractivity contribution in [3.63, 3.8) is 0 Å². The van der Waals surface area contributed by atoms with E-state index in [-0.39, 0.29) is 22.8 Å². The molecule has 2 bridgehead atoms. The number of benzene rings is 1. The standard InChI is InChI=1S/C22H28ClN3O/c1-14-18(19(23)26(25-14)13-15-8-6-5-7-9-15)20(27)24-17-12-16-10-11-22(17,4)21(16,2)3/h5-9,16-17H,10-13H2,1-4H3,(H,24,27)/t16-,17+,22+/m1/s1. The van der Waals surface area contributed by atoms with Crippen molar-refractivity contribution in [2.24, 2.45) is 16.7 Å². The van der Waals surface area contributed by atoms with Gasteiger partial charge in [0.15, 0.2) is 0 Å². The first-order valence-electron chi connectivity index (χ1n) is 9.82. The van der Waals surface area contributed by atoms with Crippen molar-refractivity contribution in [3.8, 4) is 0 Å². The van der Waals surface area contributed by atoms with Crippen molar-refractivity contribution in [2.75, 3.05) is 0 Å². The Morgan fingerprint density at radius 3 is 2.59 bits per heavy atom. The minimum atomic E-state index is -0.0913. The van der Waals surface area contributed by atoms with Gasteiger partial charge in [-0.05, 0) is 48.5 Å². The van der Waals surface area contributed by atoms with Crippen molar-refractivity contribution in [1.82, 2.24) is 15.1 Å². The number of nitrogens with one attached hydrogen (secondary N) is 1. The minimum absolute atomic E-state index is 0.0913. The molecule has 0 saturated heterocycles. The number of hydrogen-bond donors (Lipinski definition) is 1. The van der Waals surface area contributed by atoms with Crippen LogP contribution in [0.3, 0.4) is 0 Å². The Labute approximate surface area is 166 Å². The fourth-order valence-corrected chi connectivity index (χ4v) is 5.64. The Balaban J connectivity index is 1.55. The smallest absolute Gasteiger partial charge is 0.256 e. The first-order chi connectivity index (χ1) is 12.7. The molecule has 0 spiro atoms. The highest BCUT2D eigenvalue weighted by Crippen LogP contribution is 2.65. The molecule has 2 aliphatic carbocycles. The molecule has 1 amide bonds. The first-order valence-corrected chi connectivity index (χ1v) is 10.2. The first kappa shape index (κ1) is 18.5. The number of carbonyl (C=O) groups is 1. The molecule has 0 unspecified atom stereocenters. The van der Waals surface area contributed by atoms with E-state index in [2.05, 4.69) is 31.2 Å². The molecular weight excluding hydrogens is 358 g/mol. The second-order valence-corrected chi connectivity index (χ2v) is 9.39. The summed E-state index contributed by atoms with van der Waals surface area (Å²) in [6.07, 6.45) is 3.50. The summed E-state index contributed by atoms with van der Waals surface area (Å²) in [5, 5.41) is 8.24. The van der Waals surface area contributed by atoms with Crippen LogP contribution in [0.25, 0.3) is 0 Å². The van der Waals surface area contributed by atoms with Crippen LogP contribution in [0, 0.1) is 23.7 Å². The molecule has 1 heterocycles. The van der Waals surface area contributed by atoms with Gasteiger partial charge in [-0.15, -0.1) is 0 Å². The van der Waals surface area contributed by atoms with E-state index >= 15 is 0 Å². The van der Waals surface area contributed by atoms with Crippen molar-refractivity contribution in [2.45, 2.75) is 59.5 Å². The predicted molar refractivity (Wildman–Crippen MR) is 108 cm³/mol. The van der Waals surface area contributed by atoms with Crippen molar-refractivity contribution >= 4 is 17.5 Å². The molecular formula is C22H28ClN3O. The fourth-order valence-electron chi connectivity index (χ4n) is 5.32. The Morgan fingerprint density at radius 1 is 1.30 bits per heavy atom. The number of carbonyl (C=O) groups excluding carboxylic acids is 1. The number of rotatable bonds is 4. The lowest BCUT2D eigenvalue weighted by atomic mass is 9.69. The quantitative estimate of drug-likeness (QED) is 0.818. The summed E-state index contributed by atoms with van der Waals surface area (Å²) in [5.74, 6) is 0.594. The molecule has 27 heavy (non-hydrogen) atoms. The second kappa shape index (κ2) is 6.37. The van der Waals surface area contributed by atoms with E-state index in [1.807, 2.05) is 37.3 Å². The number of hydrogen-bond acceptors (Lipinski definition) is 2. The molecule has 2 saturated carbocycles. The molecule has 4 nitrogen and oxygen atoms in total. The van der Waals surface area contributed by atoms with Gasteiger partial charge in [-0.3, -0.25) is 4.79 Å². The van der Waals surface area contributed by atoms with Gasteiger partial charge in [-0.25, -0.2) is 4.68 Å². The van der Waals surface area contributed by atoms with Crippen LogP contribution < -0.4 is 5.32 Å². The number of halogens is 1. The Bertz CT molecular complexity index is 873. The van der Waals surface area contributed by atoms with Gasteiger partial charge in [0.25, 0.3) is 5.91 Å². The summed E-state index contributed by atoms with van der Waals surface area (Å²) in [5.41, 5.74) is 2.71. The third-order valence-electron chi connectivity index (χ3n) is 7.57. The van der Waals surface area contributed by atoms with E-state index < -0.39 is 0 Å². The molecule has 5 heteroatoms. The molecule has 1 aromatic heterocycles. The highest BCUT2D eigenvalue weighted by atomic mass is 35.5. The molecule has 4 rings (SSSR count). The minimum Gasteiger partial charge on any atom is -0.349 e. The zero-order valence-corrected chi connectivity index (χ0v) is 17.3. The van der Waals surface area contributed by atoms with Gasteiger partial charge in [-0.2, -0.15) is 5.10 Å². The highest BCUT2D eigenvalue weighted by Gasteiger charge is 2.61. The monoisotopic (exact) mass is 385 g/mol. The highest BCUT2D eigenvalue weighted by molar-refractivity contribution is 6.33. The summed E-state index contributed by atoms with van der Waals surface area (Å²) in [4.78, 5) is 13.1. The lowest BCUT2D eigenvalue weighted by Crippen LogP contribution is -2.47. The molecule has 3 atom stereocenters. The molecule has 0 radical (unpaired) electrons. The fraction of sp³-hybridized carbons (Fsp3) is 0.545. The summed E-state index contributed by atoms with van der Waals surface area (Å²) in [7, 11) is 0. The zero-order valence-electron chi connectivity index (χ0n) is 16.6. The van der Waals surface area contributed by atoms with E-state index in [0.717, 1.165) is 12.0 Å². The Hall–Kier alpha value is -1.81. The second-order valence-electron chi connectivity index (χ2n) is 9.03. The normalized spacial score (nSPS) is 28.5. The average Bonchev–Trinajstić information content (AvgIpc) is 3.09. The third-order valence-corrected chi connectivity index (χ3v) is 7.95. The number of amides is 1. The summed E-state index contributed by atoms with van der Waals surface area (Å²) in [6.45, 7) is 9.46. The largest absolute Gasteiger partial charge is 0.349 e. The number of aryl methyl sites for hydroxylation is 1.